The van der Waals surface area contributed by atoms with Crippen LogP contribution in [-0.4, -0.2) is 78.9 Å². The smallest absolute Gasteiger partial charge is 0.251 e. The Labute approximate surface area is 257 Å². The second kappa shape index (κ2) is 14.9. The number of pyridine rings is 1. The molecule has 3 aromatic rings. The van der Waals surface area contributed by atoms with Crippen LogP contribution in [0.3, 0.4) is 0 Å². The van der Waals surface area contributed by atoms with E-state index in [0.717, 1.165) is 24.1 Å². The molecule has 1 aliphatic rings. The Balaban J connectivity index is 1.41. The van der Waals surface area contributed by atoms with Gasteiger partial charge in [-0.1, -0.05) is 30.0 Å². The largest absolute Gasteiger partial charge is 0.492 e. The van der Waals surface area contributed by atoms with Gasteiger partial charge in [-0.2, -0.15) is 0 Å². The van der Waals surface area contributed by atoms with Crippen LogP contribution in [-0.2, 0) is 22.7 Å². The van der Waals surface area contributed by atoms with E-state index >= 15 is 0 Å². The van der Waals surface area contributed by atoms with E-state index in [1.807, 2.05) is 19.2 Å². The number of carbonyl (C=O) groups is 2. The molecule has 3 atom stereocenters. The Bertz CT molecular complexity index is 1500. The number of amides is 1. The molecular formula is C32H38FN3O5S2. The number of thioether (sulfide) groups is 1. The van der Waals surface area contributed by atoms with E-state index in [-0.39, 0.29) is 39.9 Å². The summed E-state index contributed by atoms with van der Waals surface area (Å²) in [4.78, 5) is 32.2. The van der Waals surface area contributed by atoms with Gasteiger partial charge in [-0.3, -0.25) is 19.5 Å². The molecule has 230 valence electrons. The van der Waals surface area contributed by atoms with Crippen molar-refractivity contribution < 1.29 is 27.1 Å². The Morgan fingerprint density at radius 2 is 1.93 bits per heavy atom. The van der Waals surface area contributed by atoms with Gasteiger partial charge in [0.25, 0.3) is 5.91 Å². The molecule has 4 rings (SSSR count). The van der Waals surface area contributed by atoms with Gasteiger partial charge in [0.05, 0.1) is 5.75 Å². The molecule has 0 bridgehead atoms. The molecule has 2 heterocycles. The van der Waals surface area contributed by atoms with Crippen LogP contribution in [0.5, 0.6) is 5.75 Å². The number of aryl methyl sites for hydroxylation is 2. The Kier molecular flexibility index (Phi) is 11.3. The van der Waals surface area contributed by atoms with Gasteiger partial charge in [-0.05, 0) is 87.2 Å². The highest BCUT2D eigenvalue weighted by atomic mass is 32.2. The highest BCUT2D eigenvalue weighted by Crippen LogP contribution is 2.30. The number of ether oxygens (including phenoxy) is 1. The molecule has 0 aliphatic carbocycles. The first kappa shape index (κ1) is 32.6. The summed E-state index contributed by atoms with van der Waals surface area (Å²) in [5, 5.41) is 3.07. The summed E-state index contributed by atoms with van der Waals surface area (Å²) in [6, 6.07) is 15.0. The molecule has 43 heavy (non-hydrogen) atoms. The minimum Gasteiger partial charge on any atom is -0.492 e. The molecule has 1 fully saturated rings. The number of aromatic nitrogens is 1. The van der Waals surface area contributed by atoms with Crippen molar-refractivity contribution in [1.82, 2.24) is 15.2 Å². The van der Waals surface area contributed by atoms with Crippen LogP contribution >= 0.6 is 11.8 Å². The van der Waals surface area contributed by atoms with Crippen molar-refractivity contribution in [2.24, 2.45) is 0 Å². The summed E-state index contributed by atoms with van der Waals surface area (Å²) < 4.78 is 42.7. The van der Waals surface area contributed by atoms with Crippen LogP contribution in [0.2, 0.25) is 0 Å². The van der Waals surface area contributed by atoms with Crippen molar-refractivity contribution in [3.63, 3.8) is 0 Å². The summed E-state index contributed by atoms with van der Waals surface area (Å²) in [7, 11) is -1.13. The molecule has 1 aromatic heterocycles. The lowest BCUT2D eigenvalue weighted by Gasteiger charge is -2.20. The first-order valence-electron chi connectivity index (χ1n) is 14.3. The normalized spacial score (nSPS) is 17.9. The molecule has 0 saturated carbocycles. The first-order valence-corrected chi connectivity index (χ1v) is 17.2. The van der Waals surface area contributed by atoms with Crippen molar-refractivity contribution in [3.8, 4) is 5.75 Å². The topological polar surface area (TPSA) is 106 Å². The minimum absolute atomic E-state index is 0.00529. The summed E-state index contributed by atoms with van der Waals surface area (Å²) >= 11 is 1.33. The number of nitrogens with zero attached hydrogens (tertiary/aromatic N) is 2. The van der Waals surface area contributed by atoms with Gasteiger partial charge in [-0.15, -0.1) is 0 Å². The number of hydrogen-bond acceptors (Lipinski definition) is 8. The van der Waals surface area contributed by atoms with E-state index in [4.69, 9.17) is 4.74 Å². The van der Waals surface area contributed by atoms with Crippen molar-refractivity contribution in [1.29, 1.82) is 0 Å². The maximum absolute atomic E-state index is 13.4. The fourth-order valence-electron chi connectivity index (χ4n) is 4.97. The van der Waals surface area contributed by atoms with Crippen molar-refractivity contribution in [2.75, 3.05) is 32.2 Å². The highest BCUT2D eigenvalue weighted by Gasteiger charge is 2.32. The number of nitrogens with one attached hydrogen (secondary N) is 1. The van der Waals surface area contributed by atoms with Gasteiger partial charge >= 0.3 is 0 Å². The summed E-state index contributed by atoms with van der Waals surface area (Å²) in [5.74, 6) is -0.0672. The van der Waals surface area contributed by atoms with E-state index in [2.05, 4.69) is 15.2 Å². The molecule has 8 nitrogen and oxygen atoms in total. The first-order chi connectivity index (χ1) is 20.5. The molecule has 3 unspecified atom stereocenters. The molecular weight excluding hydrogens is 590 g/mol. The Hall–Kier alpha value is -3.28. The fourth-order valence-corrected chi connectivity index (χ4v) is 6.94. The number of hydrogen-bond donors (Lipinski definition) is 1. The van der Waals surface area contributed by atoms with E-state index in [9.17, 15) is 22.4 Å². The number of carbonyl (C=O) groups excluding carboxylic acids is 2. The van der Waals surface area contributed by atoms with Crippen LogP contribution in [0.4, 0.5) is 4.39 Å². The van der Waals surface area contributed by atoms with E-state index in [1.165, 1.54) is 30.2 Å². The molecule has 11 heteroatoms. The lowest BCUT2D eigenvalue weighted by atomic mass is 9.98. The molecule has 1 aliphatic heterocycles. The minimum atomic E-state index is -3.15. The molecule has 1 N–H and O–H groups in total. The zero-order valence-electron chi connectivity index (χ0n) is 24.7. The van der Waals surface area contributed by atoms with Crippen LogP contribution in [0.25, 0.3) is 0 Å². The van der Waals surface area contributed by atoms with Crippen molar-refractivity contribution in [2.45, 2.75) is 49.9 Å². The lowest BCUT2D eigenvalue weighted by molar-refractivity contribution is 0.0937. The van der Waals surface area contributed by atoms with Crippen LogP contribution in [0.1, 0.15) is 51.6 Å². The third kappa shape index (κ3) is 10.1. The van der Waals surface area contributed by atoms with E-state index in [1.54, 1.807) is 49.6 Å². The monoisotopic (exact) mass is 627 g/mol. The maximum Gasteiger partial charge on any atom is 0.251 e. The Morgan fingerprint density at radius 1 is 1.16 bits per heavy atom. The lowest BCUT2D eigenvalue weighted by Crippen LogP contribution is -2.34. The van der Waals surface area contributed by atoms with Gasteiger partial charge in [0.2, 0.25) is 5.12 Å². The van der Waals surface area contributed by atoms with E-state index < -0.39 is 9.84 Å². The van der Waals surface area contributed by atoms with Crippen molar-refractivity contribution >= 4 is 32.6 Å². The van der Waals surface area contributed by atoms with Crippen LogP contribution in [0, 0.1) is 5.82 Å². The number of likely N-dealkylation sites (tertiary alicyclic amines) is 1. The SMILES string of the molecule is CC(CCS(C)(=O)=O)NC(=O)c1cc(OCC2CC(SC(=O)c3cccnc3)CN2C)ccc1CCc1ccc(F)cc1. The highest BCUT2D eigenvalue weighted by molar-refractivity contribution is 8.14. The molecule has 2 aromatic carbocycles. The zero-order valence-corrected chi connectivity index (χ0v) is 26.3. The molecule has 1 saturated heterocycles. The standard InChI is InChI=1S/C32H38FN3O5S2/c1-22(14-16-43(3,39)40)35-31(37)30-18-28(13-10-24(30)9-6-23-7-11-26(33)12-8-23)41-21-27-17-29(20-36(27)2)42-32(38)25-5-4-15-34-19-25/h4-5,7-8,10-13,15,18-19,22,27,29H,6,9,14,16-17,20-21H2,1-3H3,(H,35,37). The number of benzene rings is 2. The molecule has 0 spiro atoms. The maximum atomic E-state index is 13.4. The predicted molar refractivity (Wildman–Crippen MR) is 168 cm³/mol. The second-order valence-corrected chi connectivity index (χ2v) is 14.7. The van der Waals surface area contributed by atoms with Gasteiger partial charge in [-0.25, -0.2) is 12.8 Å². The number of halogens is 1. The van der Waals surface area contributed by atoms with Crippen molar-refractivity contribution in [3.05, 3.63) is 95.1 Å². The van der Waals surface area contributed by atoms with Gasteiger partial charge < -0.3 is 10.1 Å². The van der Waals surface area contributed by atoms with Gasteiger partial charge in [0.1, 0.15) is 28.0 Å². The second-order valence-electron chi connectivity index (χ2n) is 11.1. The number of sulfone groups is 1. The molecule has 0 radical (unpaired) electrons. The number of likely N-dealkylation sites (N-methyl/N-ethyl adjacent to an activating group) is 1. The third-order valence-electron chi connectivity index (χ3n) is 7.48. The van der Waals surface area contributed by atoms with E-state index in [0.29, 0.717) is 42.7 Å². The fraction of sp³-hybridized carbons (Fsp3) is 0.406. The average Bonchev–Trinajstić information content (AvgIpc) is 3.33. The quantitative estimate of drug-likeness (QED) is 0.294. The summed E-state index contributed by atoms with van der Waals surface area (Å²) in [6.45, 7) is 2.94. The third-order valence-corrected chi connectivity index (χ3v) is 9.59. The molecule has 1 amide bonds. The Morgan fingerprint density at radius 3 is 2.63 bits per heavy atom. The van der Waals surface area contributed by atoms with Crippen LogP contribution in [0.15, 0.2) is 67.0 Å². The zero-order chi connectivity index (χ0) is 31.0. The number of rotatable bonds is 13. The predicted octanol–water partition coefficient (Wildman–Crippen LogP) is 4.58. The van der Waals surface area contributed by atoms with Crippen LogP contribution < -0.4 is 10.1 Å². The van der Waals surface area contributed by atoms with Gasteiger partial charge in [0, 0.05) is 53.7 Å². The average molecular weight is 628 g/mol. The summed E-state index contributed by atoms with van der Waals surface area (Å²) in [6.07, 6.45) is 6.67. The van der Waals surface area contributed by atoms with Gasteiger partial charge in [0.15, 0.2) is 0 Å². The summed E-state index contributed by atoms with van der Waals surface area (Å²) in [5.41, 5.74) is 2.81.